The third kappa shape index (κ3) is 11.1. The molecule has 6 rings (SSSR count). The molecule has 356 valence electrons. The van der Waals surface area contributed by atoms with Crippen molar-refractivity contribution in [1.29, 1.82) is 0 Å². The molecule has 0 unspecified atom stereocenters. The predicted molar refractivity (Wildman–Crippen MR) is 264 cm³/mol. The van der Waals surface area contributed by atoms with Crippen molar-refractivity contribution in [2.24, 2.45) is 47.3 Å². The summed E-state index contributed by atoms with van der Waals surface area (Å²) in [6, 6.07) is -0.438. The molecule has 2 aromatic rings. The van der Waals surface area contributed by atoms with Crippen LogP contribution in [-0.2, 0) is 19.1 Å². The lowest BCUT2D eigenvalue weighted by Gasteiger charge is -2.26. The van der Waals surface area contributed by atoms with Gasteiger partial charge in [-0.25, -0.2) is 0 Å². The van der Waals surface area contributed by atoms with Crippen molar-refractivity contribution < 1.29 is 29.0 Å². The fourth-order valence-corrected chi connectivity index (χ4v) is 11.3. The molecule has 0 spiro atoms. The molecule has 3 aliphatic heterocycles. The third-order valence-electron chi connectivity index (χ3n) is 15.4. The quantitative estimate of drug-likeness (QED) is 0.0502. The molecule has 4 aliphatic rings. The SMILES string of the molecule is CC[C@H]1/C2=C/c3[nH]c4c(c3C)=C(O)[C@H](C(=O)OC)C=4[C@H]3N/C(=C\c4[nH]c(c(C(C)=O)c4C)/C=C(\N2)[C@@H]1C)[C@@H](C)[C@@H]3CCC(=O)OC/C=C(\C)CCC[C@H](C)CCC[C@H](C)CCCC(C)C. The Kier molecular flexibility index (Phi) is 16.6. The van der Waals surface area contributed by atoms with Crippen molar-refractivity contribution in [3.05, 3.63) is 73.1 Å². The van der Waals surface area contributed by atoms with Crippen LogP contribution in [0.25, 0.3) is 29.6 Å². The van der Waals surface area contributed by atoms with E-state index in [0.717, 1.165) is 82.3 Å². The summed E-state index contributed by atoms with van der Waals surface area (Å²) in [6.07, 6.45) is 21.2. The van der Waals surface area contributed by atoms with Crippen molar-refractivity contribution in [2.45, 2.75) is 159 Å². The topological polar surface area (TPSA) is 146 Å². The summed E-state index contributed by atoms with van der Waals surface area (Å²) in [6.45, 7) is 23.9. The molecule has 2 saturated heterocycles. The first-order chi connectivity index (χ1) is 30.9. The highest BCUT2D eigenvalue weighted by Gasteiger charge is 2.47. The van der Waals surface area contributed by atoms with Gasteiger partial charge < -0.3 is 35.2 Å². The summed E-state index contributed by atoms with van der Waals surface area (Å²) in [4.78, 5) is 47.6. The number of aromatic nitrogens is 2. The highest BCUT2D eigenvalue weighted by Crippen LogP contribution is 2.43. The van der Waals surface area contributed by atoms with Crippen molar-refractivity contribution in [3.63, 3.8) is 0 Å². The highest BCUT2D eigenvalue weighted by atomic mass is 16.5. The lowest BCUT2D eigenvalue weighted by molar-refractivity contribution is -0.143. The molecule has 5 N–H and O–H groups in total. The summed E-state index contributed by atoms with van der Waals surface area (Å²) < 4.78 is 11.2. The molecule has 10 heteroatoms. The maximum atomic E-state index is 13.7. The standard InChI is InChI=1S/C55H80N4O6/c1-13-39-34(7)41-29-46-48(38(11)60)36(9)43(57-46)27-42-35(8)40(52(58-42)50-51(55(63)64-12)54(62)49-37(10)44(59-53(49)50)28-45(39)56-41)23-24-47(61)65-26-25-33(6)22-16-21-32(5)20-15-19-31(4)18-14-17-30(2)3/h25,27-32,34-35,39-40,51-52,56-59,62H,13-24,26H2,1-12H3/b33-25+,41-29-,42-27-,45-28-/t31-,32-,34-,35+,39-,40+,51-,52+/m1/s1. The van der Waals surface area contributed by atoms with Crippen LogP contribution in [0.2, 0.25) is 0 Å². The van der Waals surface area contributed by atoms with E-state index in [4.69, 9.17) is 9.47 Å². The van der Waals surface area contributed by atoms with Gasteiger partial charge in [0, 0.05) is 63.4 Å². The number of allylic oxidation sites excluding steroid dienone is 4. The number of ketones is 1. The minimum atomic E-state index is -1.02. The number of hydrogen-bond donors (Lipinski definition) is 5. The van der Waals surface area contributed by atoms with E-state index >= 15 is 0 Å². The van der Waals surface area contributed by atoms with Gasteiger partial charge in [0.05, 0.1) is 24.2 Å². The molecule has 0 aromatic carbocycles. The van der Waals surface area contributed by atoms with E-state index in [1.165, 1.54) is 57.6 Å². The number of aliphatic hydroxyl groups is 1. The van der Waals surface area contributed by atoms with Crippen LogP contribution in [0.5, 0.6) is 0 Å². The average Bonchev–Trinajstić information content (AvgIpc) is 4.00. The molecule has 1 aliphatic carbocycles. The van der Waals surface area contributed by atoms with Gasteiger partial charge >= 0.3 is 11.9 Å². The number of carbonyl (C=O) groups is 3. The highest BCUT2D eigenvalue weighted by molar-refractivity contribution is 6.00. The Labute approximate surface area is 389 Å². The van der Waals surface area contributed by atoms with Gasteiger partial charge in [0.25, 0.3) is 0 Å². The fraction of sp³-hybridized carbons (Fsp3) is 0.618. The van der Waals surface area contributed by atoms with Crippen LogP contribution < -0.4 is 21.2 Å². The van der Waals surface area contributed by atoms with E-state index in [1.807, 2.05) is 19.9 Å². The molecule has 5 heterocycles. The fourth-order valence-electron chi connectivity index (χ4n) is 11.3. The van der Waals surface area contributed by atoms with Crippen LogP contribution >= 0.6 is 0 Å². The van der Waals surface area contributed by atoms with Crippen LogP contribution in [0.3, 0.4) is 0 Å². The third-order valence-corrected chi connectivity index (χ3v) is 15.4. The van der Waals surface area contributed by atoms with Gasteiger partial charge in [0.1, 0.15) is 18.3 Å². The molecule has 65 heavy (non-hydrogen) atoms. The second kappa shape index (κ2) is 21.7. The van der Waals surface area contributed by atoms with E-state index in [0.29, 0.717) is 28.1 Å². The van der Waals surface area contributed by atoms with Crippen LogP contribution in [0, 0.1) is 61.2 Å². The second-order valence-corrected chi connectivity index (χ2v) is 20.7. The Morgan fingerprint density at radius 3 is 2.08 bits per heavy atom. The Balaban J connectivity index is 1.21. The minimum absolute atomic E-state index is 0.0169. The average molecular weight is 893 g/mol. The molecule has 8 bridgehead atoms. The molecular weight excluding hydrogens is 813 g/mol. The smallest absolute Gasteiger partial charge is 0.320 e. The lowest BCUT2D eigenvalue weighted by atomic mass is 9.80. The zero-order valence-electron chi connectivity index (χ0n) is 41.7. The first-order valence-corrected chi connectivity index (χ1v) is 24.9. The summed E-state index contributed by atoms with van der Waals surface area (Å²) >= 11 is 0. The number of carbonyl (C=O) groups excluding carboxylic acids is 3. The van der Waals surface area contributed by atoms with Gasteiger partial charge in [0.15, 0.2) is 5.78 Å². The lowest BCUT2D eigenvalue weighted by Crippen LogP contribution is -2.38. The number of fused-ring (bicyclic) bond motifs is 8. The summed E-state index contributed by atoms with van der Waals surface area (Å²) in [5, 5.41) is 20.8. The van der Waals surface area contributed by atoms with Crippen molar-refractivity contribution in [1.82, 2.24) is 20.6 Å². The number of hydrogen-bond acceptors (Lipinski definition) is 8. The molecule has 2 aromatic heterocycles. The molecular formula is C55H80N4O6. The summed E-state index contributed by atoms with van der Waals surface area (Å²) in [5.41, 5.74) is 9.71. The minimum Gasteiger partial charge on any atom is -0.510 e. The number of aromatic amines is 2. The zero-order valence-corrected chi connectivity index (χ0v) is 41.7. The Bertz CT molecular complexity index is 2340. The molecule has 0 radical (unpaired) electrons. The second-order valence-electron chi connectivity index (χ2n) is 20.7. The van der Waals surface area contributed by atoms with Gasteiger partial charge in [-0.2, -0.15) is 0 Å². The normalized spacial score (nSPS) is 25.9. The maximum absolute atomic E-state index is 13.7. The Morgan fingerprint density at radius 2 is 1.43 bits per heavy atom. The van der Waals surface area contributed by atoms with Crippen molar-refractivity contribution >= 4 is 47.3 Å². The van der Waals surface area contributed by atoms with Crippen LogP contribution in [0.15, 0.2) is 28.7 Å². The largest absolute Gasteiger partial charge is 0.510 e. The maximum Gasteiger partial charge on any atom is 0.320 e. The zero-order chi connectivity index (χ0) is 47.3. The van der Waals surface area contributed by atoms with E-state index in [-0.39, 0.29) is 54.2 Å². The summed E-state index contributed by atoms with van der Waals surface area (Å²) in [7, 11) is 1.35. The molecule has 0 saturated carbocycles. The number of ether oxygens (including phenoxy) is 2. The van der Waals surface area contributed by atoms with Crippen LogP contribution in [0.4, 0.5) is 0 Å². The number of nitrogens with one attached hydrogen (secondary N) is 4. The van der Waals surface area contributed by atoms with Gasteiger partial charge in [-0.3, -0.25) is 14.4 Å². The number of H-pyrrole nitrogens is 2. The molecule has 0 amide bonds. The number of rotatable bonds is 20. The molecule has 2 fully saturated rings. The monoisotopic (exact) mass is 893 g/mol. The van der Waals surface area contributed by atoms with E-state index < -0.39 is 17.9 Å². The first kappa shape index (κ1) is 49.7. The molecule has 8 atom stereocenters. The van der Waals surface area contributed by atoms with Gasteiger partial charge in [0.2, 0.25) is 0 Å². The number of aliphatic hydroxyl groups excluding tert-OH is 1. The van der Waals surface area contributed by atoms with E-state index in [2.05, 4.69) is 94.2 Å². The van der Waals surface area contributed by atoms with Gasteiger partial charge in [-0.15, -0.1) is 0 Å². The number of methoxy groups -OCH3 is 1. The summed E-state index contributed by atoms with van der Waals surface area (Å²) in [5.74, 6) is 0.576. The number of Topliss-reactive ketones (excluding diaryl/α,β-unsaturated/α-hetero) is 1. The van der Waals surface area contributed by atoms with Crippen molar-refractivity contribution in [2.75, 3.05) is 13.7 Å². The van der Waals surface area contributed by atoms with Crippen LogP contribution in [0.1, 0.15) is 178 Å². The van der Waals surface area contributed by atoms with E-state index in [1.54, 1.807) is 6.92 Å². The van der Waals surface area contributed by atoms with E-state index in [9.17, 15) is 19.5 Å². The Hall–Kier alpha value is -4.73. The van der Waals surface area contributed by atoms with Gasteiger partial charge in [-0.1, -0.05) is 99.0 Å². The van der Waals surface area contributed by atoms with Crippen LogP contribution in [-0.4, -0.2) is 52.6 Å². The number of esters is 2. The first-order valence-electron chi connectivity index (χ1n) is 24.9. The van der Waals surface area contributed by atoms with Crippen molar-refractivity contribution in [3.8, 4) is 0 Å². The van der Waals surface area contributed by atoms with Gasteiger partial charge in [-0.05, 0) is 118 Å². The Morgan fingerprint density at radius 1 is 0.800 bits per heavy atom. The molecule has 10 nitrogen and oxygen atoms in total. The predicted octanol–water partition coefficient (Wildman–Crippen LogP) is 10.7.